The lowest BCUT2D eigenvalue weighted by Gasteiger charge is -2.09. The summed E-state index contributed by atoms with van der Waals surface area (Å²) in [6.45, 7) is 0. The van der Waals surface area contributed by atoms with Crippen molar-refractivity contribution in [3.63, 3.8) is 0 Å². The summed E-state index contributed by atoms with van der Waals surface area (Å²) < 4.78 is 3.02. The molecule has 2 rings (SSSR count). The summed E-state index contributed by atoms with van der Waals surface area (Å²) in [6.07, 6.45) is 0.532. The Morgan fingerprint density at radius 2 is 2.29 bits per heavy atom. The third kappa shape index (κ3) is 1.51. The summed E-state index contributed by atoms with van der Waals surface area (Å²) in [4.78, 5) is 14.3. The van der Waals surface area contributed by atoms with Crippen molar-refractivity contribution in [2.45, 2.75) is 11.3 Å². The Kier molecular flexibility index (Phi) is 2.48. The van der Waals surface area contributed by atoms with Gasteiger partial charge in [0, 0.05) is 17.6 Å². The van der Waals surface area contributed by atoms with Crippen LogP contribution in [0.3, 0.4) is 0 Å². The highest BCUT2D eigenvalue weighted by atomic mass is 32.2. The summed E-state index contributed by atoms with van der Waals surface area (Å²) in [5, 5.41) is 0. The lowest BCUT2D eigenvalue weighted by molar-refractivity contribution is -0.117. The van der Waals surface area contributed by atoms with E-state index in [1.54, 1.807) is 16.8 Å². The van der Waals surface area contributed by atoms with E-state index in [0.717, 1.165) is 16.1 Å². The van der Waals surface area contributed by atoms with Gasteiger partial charge in [-0.15, -0.1) is 0 Å². The highest BCUT2D eigenvalue weighted by Crippen LogP contribution is 2.30. The van der Waals surface area contributed by atoms with Crippen molar-refractivity contribution in [2.75, 3.05) is 19.0 Å². The molecule has 0 unspecified atom stereocenters. The van der Waals surface area contributed by atoms with Gasteiger partial charge in [0.15, 0.2) is 0 Å². The van der Waals surface area contributed by atoms with E-state index in [9.17, 15) is 4.79 Å². The molecule has 1 heterocycles. The van der Waals surface area contributed by atoms with Gasteiger partial charge in [0.05, 0.1) is 6.42 Å². The summed E-state index contributed by atoms with van der Waals surface area (Å²) in [6, 6.07) is 6.09. The van der Waals surface area contributed by atoms with Crippen LogP contribution in [-0.4, -0.2) is 20.0 Å². The summed E-state index contributed by atoms with van der Waals surface area (Å²) in [5.41, 5.74) is 2.16. The summed E-state index contributed by atoms with van der Waals surface area (Å²) >= 11 is 1.56. The predicted octanol–water partition coefficient (Wildman–Crippen LogP) is 1.43. The Balaban J connectivity index is 2.34. The molecule has 0 fully saturated rings. The van der Waals surface area contributed by atoms with Crippen LogP contribution in [0.4, 0.5) is 5.69 Å². The molecule has 0 spiro atoms. The Bertz CT molecular complexity index is 378. The lowest BCUT2D eigenvalue weighted by atomic mass is 10.2. The molecule has 1 aromatic carbocycles. The third-order valence-corrected chi connectivity index (χ3v) is 3.04. The molecule has 0 aromatic heterocycles. The number of carbonyl (C=O) groups excluding carboxylic acids is 1. The van der Waals surface area contributed by atoms with Crippen molar-refractivity contribution >= 4 is 23.5 Å². The van der Waals surface area contributed by atoms with E-state index < -0.39 is 0 Å². The number of benzene rings is 1. The number of likely N-dealkylation sites (N-methyl/N-ethyl adjacent to an activating group) is 1. The number of rotatable bonds is 2. The van der Waals surface area contributed by atoms with Gasteiger partial charge in [-0.2, -0.15) is 0 Å². The molecular formula is C10H12N2OS. The van der Waals surface area contributed by atoms with Crippen LogP contribution in [0.2, 0.25) is 0 Å². The molecule has 0 saturated carbocycles. The van der Waals surface area contributed by atoms with Crippen molar-refractivity contribution in [3.8, 4) is 0 Å². The van der Waals surface area contributed by atoms with Crippen molar-refractivity contribution in [1.29, 1.82) is 0 Å². The molecule has 3 nitrogen and oxygen atoms in total. The van der Waals surface area contributed by atoms with Crippen LogP contribution >= 0.6 is 11.9 Å². The third-order valence-electron chi connectivity index (χ3n) is 2.35. The molecule has 0 atom stereocenters. The van der Waals surface area contributed by atoms with E-state index >= 15 is 0 Å². The molecule has 0 saturated heterocycles. The molecule has 0 bridgehead atoms. The number of hydrogen-bond donors (Lipinski definition) is 1. The first-order valence-electron chi connectivity index (χ1n) is 4.45. The van der Waals surface area contributed by atoms with E-state index in [-0.39, 0.29) is 5.91 Å². The maximum absolute atomic E-state index is 11.4. The van der Waals surface area contributed by atoms with Gasteiger partial charge in [-0.1, -0.05) is 0 Å². The average molecular weight is 208 g/mol. The standard InChI is InChI=1S/C10H12N2OS/c1-11-14-8-3-4-9-7(5-8)6-10(13)12(9)2/h3-5,11H,6H2,1-2H3. The van der Waals surface area contributed by atoms with Crippen LogP contribution < -0.4 is 9.62 Å². The van der Waals surface area contributed by atoms with Gasteiger partial charge in [0.2, 0.25) is 5.91 Å². The number of anilines is 1. The fourth-order valence-electron chi connectivity index (χ4n) is 1.63. The van der Waals surface area contributed by atoms with Crippen molar-refractivity contribution in [1.82, 2.24) is 4.72 Å². The monoisotopic (exact) mass is 208 g/mol. The first kappa shape index (κ1) is 9.55. The van der Waals surface area contributed by atoms with Gasteiger partial charge in [-0.05, 0) is 42.8 Å². The van der Waals surface area contributed by atoms with Crippen LogP contribution in [0.5, 0.6) is 0 Å². The van der Waals surface area contributed by atoms with E-state index in [1.807, 2.05) is 26.2 Å². The predicted molar refractivity (Wildman–Crippen MR) is 58.5 cm³/mol. The number of hydrogen-bond acceptors (Lipinski definition) is 3. The van der Waals surface area contributed by atoms with Gasteiger partial charge < -0.3 is 4.90 Å². The Hall–Kier alpha value is -1.00. The summed E-state index contributed by atoms with van der Waals surface area (Å²) in [5.74, 6) is 0.173. The first-order valence-corrected chi connectivity index (χ1v) is 5.27. The fourth-order valence-corrected chi connectivity index (χ4v) is 2.20. The van der Waals surface area contributed by atoms with Crippen LogP contribution in [-0.2, 0) is 11.2 Å². The Labute approximate surface area is 87.6 Å². The largest absolute Gasteiger partial charge is 0.315 e. The van der Waals surface area contributed by atoms with Crippen LogP contribution in [0.25, 0.3) is 0 Å². The smallest absolute Gasteiger partial charge is 0.231 e. The second-order valence-electron chi connectivity index (χ2n) is 3.23. The Morgan fingerprint density at radius 3 is 3.00 bits per heavy atom. The molecule has 0 radical (unpaired) electrons. The number of amides is 1. The quantitative estimate of drug-likeness (QED) is 0.746. The number of nitrogens with zero attached hydrogens (tertiary/aromatic N) is 1. The molecule has 4 heteroatoms. The zero-order valence-electron chi connectivity index (χ0n) is 8.20. The first-order chi connectivity index (χ1) is 6.72. The molecule has 1 aliphatic heterocycles. The van der Waals surface area contributed by atoms with E-state index in [2.05, 4.69) is 10.8 Å². The molecule has 1 amide bonds. The lowest BCUT2D eigenvalue weighted by Crippen LogP contribution is -2.20. The van der Waals surface area contributed by atoms with Gasteiger partial charge in [0.1, 0.15) is 0 Å². The molecule has 1 aliphatic rings. The zero-order chi connectivity index (χ0) is 10.1. The van der Waals surface area contributed by atoms with Gasteiger partial charge >= 0.3 is 0 Å². The highest BCUT2D eigenvalue weighted by molar-refractivity contribution is 7.97. The SMILES string of the molecule is CNSc1ccc2c(c1)CC(=O)N2C. The van der Waals surface area contributed by atoms with E-state index in [0.29, 0.717) is 6.42 Å². The normalized spacial score (nSPS) is 14.7. The molecule has 74 valence electrons. The number of carbonyl (C=O) groups is 1. The average Bonchev–Trinajstić information content (AvgIpc) is 2.43. The van der Waals surface area contributed by atoms with Gasteiger partial charge in [-0.3, -0.25) is 9.52 Å². The molecular weight excluding hydrogens is 196 g/mol. The van der Waals surface area contributed by atoms with Crippen LogP contribution in [0, 0.1) is 0 Å². The zero-order valence-corrected chi connectivity index (χ0v) is 9.02. The van der Waals surface area contributed by atoms with Crippen molar-refractivity contribution in [2.24, 2.45) is 0 Å². The Morgan fingerprint density at radius 1 is 1.50 bits per heavy atom. The van der Waals surface area contributed by atoms with Crippen molar-refractivity contribution in [3.05, 3.63) is 23.8 Å². The molecule has 0 aliphatic carbocycles. The molecule has 14 heavy (non-hydrogen) atoms. The second-order valence-corrected chi connectivity index (χ2v) is 4.31. The minimum absolute atomic E-state index is 0.173. The minimum Gasteiger partial charge on any atom is -0.315 e. The number of fused-ring (bicyclic) bond motifs is 1. The highest BCUT2D eigenvalue weighted by Gasteiger charge is 2.23. The van der Waals surface area contributed by atoms with Crippen LogP contribution in [0.15, 0.2) is 23.1 Å². The minimum atomic E-state index is 0.173. The van der Waals surface area contributed by atoms with Gasteiger partial charge in [-0.25, -0.2) is 0 Å². The van der Waals surface area contributed by atoms with Crippen LogP contribution in [0.1, 0.15) is 5.56 Å². The maximum atomic E-state index is 11.4. The topological polar surface area (TPSA) is 32.3 Å². The maximum Gasteiger partial charge on any atom is 0.231 e. The summed E-state index contributed by atoms with van der Waals surface area (Å²) in [7, 11) is 3.70. The van der Waals surface area contributed by atoms with Crippen molar-refractivity contribution < 1.29 is 4.79 Å². The second kappa shape index (κ2) is 3.63. The van der Waals surface area contributed by atoms with Gasteiger partial charge in [0.25, 0.3) is 0 Å². The van der Waals surface area contributed by atoms with E-state index in [4.69, 9.17) is 0 Å². The molecule has 1 N–H and O–H groups in total. The molecule has 1 aromatic rings. The van der Waals surface area contributed by atoms with E-state index in [1.165, 1.54) is 0 Å². The number of nitrogens with one attached hydrogen (secondary N) is 1. The fraction of sp³-hybridized carbons (Fsp3) is 0.300.